The van der Waals surface area contributed by atoms with E-state index in [1.54, 1.807) is 0 Å². The lowest BCUT2D eigenvalue weighted by atomic mass is 9.92. The van der Waals surface area contributed by atoms with Gasteiger partial charge in [0.05, 0.1) is 11.2 Å². The maximum absolute atomic E-state index is 5.26. The molecular formula is C44H26N2S. The largest absolute Gasteiger partial charge is 0.228 e. The van der Waals surface area contributed by atoms with E-state index in [0.29, 0.717) is 0 Å². The van der Waals surface area contributed by atoms with Crippen LogP contribution in [0.5, 0.6) is 0 Å². The van der Waals surface area contributed by atoms with Crippen LogP contribution < -0.4 is 0 Å². The smallest absolute Gasteiger partial charge is 0.160 e. The van der Waals surface area contributed by atoms with Crippen molar-refractivity contribution in [3.63, 3.8) is 0 Å². The molecule has 2 heterocycles. The van der Waals surface area contributed by atoms with Crippen LogP contribution in [0, 0.1) is 0 Å². The maximum atomic E-state index is 5.26. The molecule has 10 rings (SSSR count). The highest BCUT2D eigenvalue weighted by atomic mass is 32.1. The van der Waals surface area contributed by atoms with Crippen LogP contribution in [0.15, 0.2) is 158 Å². The molecule has 0 atom stereocenters. The molecule has 2 nitrogen and oxygen atoms in total. The molecule has 0 radical (unpaired) electrons. The van der Waals surface area contributed by atoms with Crippen molar-refractivity contribution in [1.29, 1.82) is 0 Å². The first-order valence-electron chi connectivity index (χ1n) is 15.9. The van der Waals surface area contributed by atoms with E-state index in [1.165, 1.54) is 63.6 Å². The van der Waals surface area contributed by atoms with Crippen molar-refractivity contribution in [2.45, 2.75) is 0 Å². The summed E-state index contributed by atoms with van der Waals surface area (Å²) < 4.78 is 2.66. The summed E-state index contributed by atoms with van der Waals surface area (Å²) in [6.45, 7) is 0. The molecule has 0 unspecified atom stereocenters. The Morgan fingerprint density at radius 1 is 0.362 bits per heavy atom. The second-order valence-electron chi connectivity index (χ2n) is 12.1. The van der Waals surface area contributed by atoms with E-state index in [1.807, 2.05) is 11.3 Å². The quantitative estimate of drug-likeness (QED) is 0.185. The van der Waals surface area contributed by atoms with Gasteiger partial charge in [-0.05, 0) is 56.3 Å². The zero-order valence-electron chi connectivity index (χ0n) is 25.3. The van der Waals surface area contributed by atoms with Crippen molar-refractivity contribution in [2.24, 2.45) is 0 Å². The summed E-state index contributed by atoms with van der Waals surface area (Å²) in [4.78, 5) is 10.4. The van der Waals surface area contributed by atoms with E-state index >= 15 is 0 Å². The molecule has 10 aromatic rings. The first kappa shape index (κ1) is 26.3. The molecule has 2 aromatic heterocycles. The third-order valence-corrected chi connectivity index (χ3v) is 10.7. The molecule has 0 aliphatic carbocycles. The van der Waals surface area contributed by atoms with E-state index < -0.39 is 0 Å². The third-order valence-electron chi connectivity index (χ3n) is 9.47. The van der Waals surface area contributed by atoms with Gasteiger partial charge < -0.3 is 0 Å². The fourth-order valence-corrected chi connectivity index (χ4v) is 8.50. The van der Waals surface area contributed by atoms with Gasteiger partial charge in [-0.25, -0.2) is 9.97 Å². The van der Waals surface area contributed by atoms with Gasteiger partial charge in [0.2, 0.25) is 0 Å². The standard InChI is InChI=1S/C44H26N2S/c1-2-10-27(11-3-1)28-18-20-29(21-19-28)42-37-15-6-8-16-39(37)45-44(46-42)30-22-23-35-38(26-30)32-13-5-4-12-31(32)34-24-25-36-33-14-7-9-17-40(33)47-43(36)41(34)35/h1-26H. The van der Waals surface area contributed by atoms with Gasteiger partial charge in [-0.3, -0.25) is 0 Å². The Hall–Kier alpha value is -5.90. The van der Waals surface area contributed by atoms with E-state index in [-0.39, 0.29) is 0 Å². The van der Waals surface area contributed by atoms with Crippen molar-refractivity contribution >= 4 is 74.7 Å². The number of fused-ring (bicyclic) bond motifs is 11. The van der Waals surface area contributed by atoms with Crippen molar-refractivity contribution in [3.8, 4) is 33.8 Å². The minimum Gasteiger partial charge on any atom is -0.228 e. The number of hydrogen-bond acceptors (Lipinski definition) is 3. The normalized spacial score (nSPS) is 11.8. The van der Waals surface area contributed by atoms with Gasteiger partial charge in [-0.2, -0.15) is 0 Å². The Labute approximate surface area is 275 Å². The van der Waals surface area contributed by atoms with Crippen molar-refractivity contribution < 1.29 is 0 Å². The number of benzene rings is 8. The van der Waals surface area contributed by atoms with Crippen molar-refractivity contribution in [3.05, 3.63) is 158 Å². The summed E-state index contributed by atoms with van der Waals surface area (Å²) in [7, 11) is 0. The fourth-order valence-electron chi connectivity index (χ4n) is 7.23. The number of nitrogens with zero attached hydrogens (tertiary/aromatic N) is 2. The monoisotopic (exact) mass is 614 g/mol. The minimum absolute atomic E-state index is 0.733. The van der Waals surface area contributed by atoms with Gasteiger partial charge in [-0.15, -0.1) is 11.3 Å². The highest BCUT2D eigenvalue weighted by molar-refractivity contribution is 7.26. The summed E-state index contributed by atoms with van der Waals surface area (Å²) in [5.74, 6) is 0.733. The molecule has 0 N–H and O–H groups in total. The summed E-state index contributed by atoms with van der Waals surface area (Å²) in [5.41, 5.74) is 6.37. The first-order valence-corrected chi connectivity index (χ1v) is 16.7. The Morgan fingerprint density at radius 3 is 1.77 bits per heavy atom. The van der Waals surface area contributed by atoms with Gasteiger partial charge in [0.15, 0.2) is 5.82 Å². The number of rotatable bonds is 3. The van der Waals surface area contributed by atoms with Gasteiger partial charge in [0, 0.05) is 42.1 Å². The molecule has 0 amide bonds. The topological polar surface area (TPSA) is 25.8 Å². The molecular weight excluding hydrogens is 589 g/mol. The summed E-state index contributed by atoms with van der Waals surface area (Å²) in [5, 5.41) is 11.3. The van der Waals surface area contributed by atoms with E-state index in [2.05, 4.69) is 158 Å². The number of para-hydroxylation sites is 1. The van der Waals surface area contributed by atoms with Crippen LogP contribution in [0.25, 0.3) is 97.2 Å². The van der Waals surface area contributed by atoms with Crippen molar-refractivity contribution in [1.82, 2.24) is 9.97 Å². The molecule has 218 valence electrons. The van der Waals surface area contributed by atoms with Crippen LogP contribution in [0.1, 0.15) is 0 Å². The second-order valence-corrected chi connectivity index (χ2v) is 13.2. The van der Waals surface area contributed by atoms with Crippen LogP contribution in [0.4, 0.5) is 0 Å². The number of aromatic nitrogens is 2. The molecule has 0 bridgehead atoms. The summed E-state index contributed by atoms with van der Waals surface area (Å²) >= 11 is 1.89. The average Bonchev–Trinajstić information content (AvgIpc) is 3.53. The molecule has 0 aliphatic heterocycles. The Bertz CT molecular complexity index is 2830. The maximum Gasteiger partial charge on any atom is 0.160 e. The third kappa shape index (κ3) is 4.10. The van der Waals surface area contributed by atoms with Crippen LogP contribution in [0.3, 0.4) is 0 Å². The molecule has 0 aliphatic rings. The van der Waals surface area contributed by atoms with Crippen LogP contribution in [-0.4, -0.2) is 9.97 Å². The minimum atomic E-state index is 0.733. The molecule has 0 spiro atoms. The molecule has 0 saturated heterocycles. The van der Waals surface area contributed by atoms with Gasteiger partial charge in [0.1, 0.15) is 0 Å². The highest BCUT2D eigenvalue weighted by Crippen LogP contribution is 2.45. The predicted molar refractivity (Wildman–Crippen MR) is 201 cm³/mol. The Balaban J connectivity index is 1.21. The zero-order chi connectivity index (χ0) is 30.9. The van der Waals surface area contributed by atoms with E-state index in [0.717, 1.165) is 33.5 Å². The van der Waals surface area contributed by atoms with Crippen molar-refractivity contribution in [2.75, 3.05) is 0 Å². The Kier molecular flexibility index (Phi) is 5.78. The SMILES string of the molecule is c1ccc(-c2ccc(-c3nc(-c4ccc5c(c4)c4ccccc4c4ccc6c7ccccc7sc6c45)nc4ccccc34)cc2)cc1. The van der Waals surface area contributed by atoms with E-state index in [4.69, 9.17) is 9.97 Å². The van der Waals surface area contributed by atoms with Gasteiger partial charge >= 0.3 is 0 Å². The van der Waals surface area contributed by atoms with Crippen LogP contribution >= 0.6 is 11.3 Å². The second kappa shape index (κ2) is 10.3. The van der Waals surface area contributed by atoms with Gasteiger partial charge in [-0.1, -0.05) is 140 Å². The predicted octanol–water partition coefficient (Wildman–Crippen LogP) is 12.5. The molecule has 0 fully saturated rings. The lowest BCUT2D eigenvalue weighted by molar-refractivity contribution is 1.23. The lowest BCUT2D eigenvalue weighted by Gasteiger charge is -2.14. The highest BCUT2D eigenvalue weighted by Gasteiger charge is 2.17. The van der Waals surface area contributed by atoms with Crippen LogP contribution in [0.2, 0.25) is 0 Å². The summed E-state index contributed by atoms with van der Waals surface area (Å²) in [6.07, 6.45) is 0. The van der Waals surface area contributed by atoms with Crippen LogP contribution in [-0.2, 0) is 0 Å². The Morgan fingerprint density at radius 2 is 0.936 bits per heavy atom. The number of hydrogen-bond donors (Lipinski definition) is 0. The zero-order valence-corrected chi connectivity index (χ0v) is 26.1. The molecule has 3 heteroatoms. The molecule has 8 aromatic carbocycles. The van der Waals surface area contributed by atoms with Gasteiger partial charge in [0.25, 0.3) is 0 Å². The fraction of sp³-hybridized carbons (Fsp3) is 0. The molecule has 0 saturated carbocycles. The lowest BCUT2D eigenvalue weighted by Crippen LogP contribution is -1.95. The van der Waals surface area contributed by atoms with E-state index in [9.17, 15) is 0 Å². The average molecular weight is 615 g/mol. The number of thiophene rings is 1. The summed E-state index contributed by atoms with van der Waals surface area (Å²) in [6, 6.07) is 56.5. The first-order chi connectivity index (χ1) is 23.3. The molecule has 47 heavy (non-hydrogen) atoms.